The van der Waals surface area contributed by atoms with Crippen LogP contribution in [0.15, 0.2) is 41.2 Å². The number of imidazole rings is 1. The van der Waals surface area contributed by atoms with Crippen molar-refractivity contribution in [3.63, 3.8) is 0 Å². The van der Waals surface area contributed by atoms with Gasteiger partial charge in [0.05, 0.1) is 17.6 Å². The Bertz CT molecular complexity index is 946. The Morgan fingerprint density at radius 2 is 1.83 bits per heavy atom. The lowest BCUT2D eigenvalue weighted by atomic mass is 10.2. The molecular weight excluding hydrogens is 337 g/mol. The quantitative estimate of drug-likeness (QED) is 0.756. The van der Waals surface area contributed by atoms with Gasteiger partial charge in [0.1, 0.15) is 0 Å². The van der Waals surface area contributed by atoms with Gasteiger partial charge in [0.2, 0.25) is 5.91 Å². The number of carbonyl (C=O) groups is 1. The van der Waals surface area contributed by atoms with Gasteiger partial charge in [-0.25, -0.2) is 4.79 Å². The molecule has 7 heteroatoms. The summed E-state index contributed by atoms with van der Waals surface area (Å²) < 4.78 is 0. The van der Waals surface area contributed by atoms with E-state index in [1.54, 1.807) is 41.3 Å². The van der Waals surface area contributed by atoms with Crippen LogP contribution in [-0.4, -0.2) is 15.9 Å². The number of rotatable bonds is 3. The van der Waals surface area contributed by atoms with Gasteiger partial charge in [0.25, 0.3) is 0 Å². The summed E-state index contributed by atoms with van der Waals surface area (Å²) in [4.78, 5) is 30.3. The van der Waals surface area contributed by atoms with E-state index in [0.717, 1.165) is 5.56 Å². The molecule has 1 heterocycles. The van der Waals surface area contributed by atoms with Crippen molar-refractivity contribution in [3.8, 4) is 0 Å². The van der Waals surface area contributed by atoms with E-state index < -0.39 is 0 Å². The number of amides is 1. The van der Waals surface area contributed by atoms with Crippen LogP contribution in [0.5, 0.6) is 0 Å². The second kappa shape index (κ2) is 6.10. The van der Waals surface area contributed by atoms with Crippen molar-refractivity contribution in [2.24, 2.45) is 0 Å². The first kappa shape index (κ1) is 15.6. The fourth-order valence-electron chi connectivity index (χ4n) is 2.39. The molecule has 23 heavy (non-hydrogen) atoms. The molecule has 3 rings (SSSR count). The highest BCUT2D eigenvalue weighted by Crippen LogP contribution is 2.26. The number of nitrogens with zero attached hydrogens (tertiary/aromatic N) is 1. The molecule has 0 radical (unpaired) electrons. The Labute approximate surface area is 141 Å². The monoisotopic (exact) mass is 349 g/mol. The molecule has 3 aromatic rings. The lowest BCUT2D eigenvalue weighted by Crippen LogP contribution is -2.27. The van der Waals surface area contributed by atoms with Crippen LogP contribution in [0, 0.1) is 0 Å². The number of carbonyl (C=O) groups excluding carboxylic acids is 1. The van der Waals surface area contributed by atoms with Crippen LogP contribution in [0.1, 0.15) is 12.5 Å². The molecule has 0 saturated carbocycles. The van der Waals surface area contributed by atoms with Crippen LogP contribution < -0.4 is 10.6 Å². The molecule has 0 spiro atoms. The smallest absolute Gasteiger partial charge is 0.308 e. The van der Waals surface area contributed by atoms with Crippen molar-refractivity contribution < 1.29 is 4.79 Å². The zero-order valence-electron chi connectivity index (χ0n) is 12.2. The second-order valence-corrected chi connectivity index (χ2v) is 5.99. The van der Waals surface area contributed by atoms with Crippen LogP contribution in [0.2, 0.25) is 10.0 Å². The van der Waals surface area contributed by atoms with Crippen molar-refractivity contribution >= 4 is 45.8 Å². The fraction of sp³-hybridized carbons (Fsp3) is 0.125. The van der Waals surface area contributed by atoms with Crippen LogP contribution >= 0.6 is 23.2 Å². The average molecular weight is 350 g/mol. The number of H-pyrrole nitrogens is 2. The maximum Gasteiger partial charge on any atom is 0.323 e. The summed E-state index contributed by atoms with van der Waals surface area (Å²) in [5.74, 6) is -0.131. The van der Waals surface area contributed by atoms with Crippen molar-refractivity contribution in [2.75, 3.05) is 4.90 Å². The maximum absolute atomic E-state index is 12.0. The van der Waals surface area contributed by atoms with Gasteiger partial charge in [0.15, 0.2) is 0 Å². The molecule has 0 aliphatic heterocycles. The number of halogens is 2. The molecule has 0 atom stereocenters. The first-order chi connectivity index (χ1) is 10.9. The van der Waals surface area contributed by atoms with Gasteiger partial charge < -0.3 is 14.9 Å². The summed E-state index contributed by atoms with van der Waals surface area (Å²) in [6.45, 7) is 1.79. The molecule has 2 N–H and O–H groups in total. The Hall–Kier alpha value is -2.24. The van der Waals surface area contributed by atoms with Crippen molar-refractivity contribution in [2.45, 2.75) is 13.5 Å². The fourth-order valence-corrected chi connectivity index (χ4v) is 2.86. The van der Waals surface area contributed by atoms with Crippen molar-refractivity contribution in [3.05, 3.63) is 62.5 Å². The minimum Gasteiger partial charge on any atom is -0.308 e. The molecule has 1 amide bonds. The molecule has 2 aromatic carbocycles. The summed E-state index contributed by atoms with van der Waals surface area (Å²) in [6.07, 6.45) is 0. The molecule has 0 fully saturated rings. The number of hydrogen-bond acceptors (Lipinski definition) is 2. The number of hydrogen-bond donors (Lipinski definition) is 2. The van der Waals surface area contributed by atoms with E-state index in [2.05, 4.69) is 9.97 Å². The predicted octanol–water partition coefficient (Wildman–Crippen LogP) is 3.72. The number of aromatic amines is 2. The number of anilines is 1. The highest BCUT2D eigenvalue weighted by Gasteiger charge is 2.15. The third kappa shape index (κ3) is 3.25. The summed E-state index contributed by atoms with van der Waals surface area (Å²) >= 11 is 12.1. The van der Waals surface area contributed by atoms with E-state index in [1.165, 1.54) is 6.92 Å². The standard InChI is InChI=1S/C16H13Cl2N3O2/c1-9(22)21(8-10-2-3-11(17)6-13(10)18)12-4-5-14-15(7-12)20-16(23)19-14/h2-7H,8H2,1H3,(H2,19,20,23). The zero-order valence-corrected chi connectivity index (χ0v) is 13.7. The zero-order chi connectivity index (χ0) is 16.6. The largest absolute Gasteiger partial charge is 0.323 e. The number of nitrogens with one attached hydrogen (secondary N) is 2. The van der Waals surface area contributed by atoms with E-state index >= 15 is 0 Å². The minimum atomic E-state index is -0.285. The van der Waals surface area contributed by atoms with E-state index in [1.807, 2.05) is 0 Å². The van der Waals surface area contributed by atoms with E-state index in [-0.39, 0.29) is 11.6 Å². The molecule has 0 aliphatic carbocycles. The minimum absolute atomic E-state index is 0.131. The van der Waals surface area contributed by atoms with E-state index in [0.29, 0.717) is 33.3 Å². The molecule has 5 nitrogen and oxygen atoms in total. The van der Waals surface area contributed by atoms with Crippen molar-refractivity contribution in [1.82, 2.24) is 9.97 Å². The van der Waals surface area contributed by atoms with Crippen molar-refractivity contribution in [1.29, 1.82) is 0 Å². The van der Waals surface area contributed by atoms with Crippen LogP contribution in [0.25, 0.3) is 11.0 Å². The highest BCUT2D eigenvalue weighted by atomic mass is 35.5. The molecular formula is C16H13Cl2N3O2. The number of fused-ring (bicyclic) bond motifs is 1. The predicted molar refractivity (Wildman–Crippen MR) is 92.2 cm³/mol. The van der Waals surface area contributed by atoms with Crippen LogP contribution in [0.4, 0.5) is 5.69 Å². The SMILES string of the molecule is CC(=O)N(Cc1ccc(Cl)cc1Cl)c1ccc2[nH]c(=O)[nH]c2c1. The number of benzene rings is 2. The summed E-state index contributed by atoms with van der Waals surface area (Å²) in [5, 5.41) is 1.04. The number of aromatic nitrogens is 2. The Morgan fingerprint density at radius 1 is 1.09 bits per heavy atom. The molecule has 0 aliphatic rings. The summed E-state index contributed by atoms with van der Waals surface area (Å²) in [7, 11) is 0. The van der Waals surface area contributed by atoms with Gasteiger partial charge in [-0.2, -0.15) is 0 Å². The van der Waals surface area contributed by atoms with E-state index in [4.69, 9.17) is 23.2 Å². The first-order valence-electron chi connectivity index (χ1n) is 6.88. The average Bonchev–Trinajstić information content (AvgIpc) is 2.85. The van der Waals surface area contributed by atoms with Gasteiger partial charge in [-0.05, 0) is 35.9 Å². The molecule has 1 aromatic heterocycles. The second-order valence-electron chi connectivity index (χ2n) is 5.15. The van der Waals surface area contributed by atoms with Gasteiger partial charge in [0, 0.05) is 22.7 Å². The Morgan fingerprint density at radius 3 is 2.52 bits per heavy atom. The lowest BCUT2D eigenvalue weighted by Gasteiger charge is -2.22. The van der Waals surface area contributed by atoms with Gasteiger partial charge in [-0.15, -0.1) is 0 Å². The topological polar surface area (TPSA) is 69.0 Å². The van der Waals surface area contributed by atoms with Gasteiger partial charge in [-0.1, -0.05) is 29.3 Å². The van der Waals surface area contributed by atoms with E-state index in [9.17, 15) is 9.59 Å². The Balaban J connectivity index is 1.99. The van der Waals surface area contributed by atoms with Crippen LogP contribution in [-0.2, 0) is 11.3 Å². The molecule has 0 unspecified atom stereocenters. The third-order valence-electron chi connectivity index (χ3n) is 3.53. The molecule has 118 valence electrons. The molecule has 0 bridgehead atoms. The summed E-state index contributed by atoms with van der Waals surface area (Å²) in [5.41, 5.74) is 2.50. The van der Waals surface area contributed by atoms with Gasteiger partial charge in [-0.3, -0.25) is 4.79 Å². The lowest BCUT2D eigenvalue weighted by molar-refractivity contribution is -0.116. The summed E-state index contributed by atoms with van der Waals surface area (Å²) in [6, 6.07) is 10.4. The first-order valence-corrected chi connectivity index (χ1v) is 7.64. The Kier molecular flexibility index (Phi) is 4.15. The maximum atomic E-state index is 12.0. The van der Waals surface area contributed by atoms with Crippen LogP contribution in [0.3, 0.4) is 0 Å². The van der Waals surface area contributed by atoms with Gasteiger partial charge >= 0.3 is 5.69 Å². The molecule has 0 saturated heterocycles. The normalized spacial score (nSPS) is 10.9. The third-order valence-corrected chi connectivity index (χ3v) is 4.12. The highest BCUT2D eigenvalue weighted by molar-refractivity contribution is 6.35.